The standard InChI is InChI=1S/C22H25N7O3S3/c30-34-27-21(22(28-34)25-15-17-7-9-18(10-8-17)26-35(31)32)24-12-4-13-29(16-19-5-3-14-33-19)20-6-1-2-11-23-20/h1-3,5-11,14,26H,4,12-13,15-16H2,(H,24,27)(H,25,28)(H,31,32)/p-1. The molecular weight excluding hydrogens is 506 g/mol. The van der Waals surface area contributed by atoms with E-state index in [0.29, 0.717) is 30.4 Å². The minimum atomic E-state index is -2.36. The van der Waals surface area contributed by atoms with Gasteiger partial charge in [0, 0.05) is 47.7 Å². The predicted molar refractivity (Wildman–Crippen MR) is 141 cm³/mol. The van der Waals surface area contributed by atoms with Gasteiger partial charge < -0.3 is 24.8 Å². The molecule has 1 aromatic carbocycles. The lowest BCUT2D eigenvalue weighted by molar-refractivity contribution is 0.542. The summed E-state index contributed by atoms with van der Waals surface area (Å²) in [5, 5.41) is 8.45. The van der Waals surface area contributed by atoms with Crippen LogP contribution in [0.2, 0.25) is 0 Å². The van der Waals surface area contributed by atoms with Crippen molar-refractivity contribution in [2.75, 3.05) is 22.7 Å². The maximum atomic E-state index is 11.9. The fraction of sp³-hybridized carbons (Fsp3) is 0.227. The molecule has 35 heavy (non-hydrogen) atoms. The van der Waals surface area contributed by atoms with Gasteiger partial charge in [-0.3, -0.25) is 4.21 Å². The lowest BCUT2D eigenvalue weighted by atomic mass is 10.2. The van der Waals surface area contributed by atoms with Gasteiger partial charge in [0.1, 0.15) is 5.82 Å². The second-order valence-corrected chi connectivity index (χ2v) is 10.00. The number of aromatic nitrogens is 1. The molecule has 0 bridgehead atoms. The van der Waals surface area contributed by atoms with Crippen LogP contribution in [0.25, 0.3) is 0 Å². The number of hydrogen-bond acceptors (Lipinski definition) is 8. The van der Waals surface area contributed by atoms with Crippen LogP contribution in [0.3, 0.4) is 0 Å². The quantitative estimate of drug-likeness (QED) is 0.256. The molecule has 184 valence electrons. The second kappa shape index (κ2) is 12.5. The Balaban J connectivity index is 1.27. The van der Waals surface area contributed by atoms with E-state index >= 15 is 0 Å². The number of hydrogen-bond donors (Lipinski definition) is 3. The highest BCUT2D eigenvalue weighted by Gasteiger charge is 2.18. The molecule has 1 aliphatic heterocycles. The summed E-state index contributed by atoms with van der Waals surface area (Å²) < 4.78 is 43.8. The molecule has 0 saturated heterocycles. The SMILES string of the molecule is O=S1N=C(NCCCN(Cc2cccs2)c2ccccn2)C(NCc2ccc(NS(=O)[O-])cc2)=N1. The molecule has 0 spiro atoms. The van der Waals surface area contributed by atoms with E-state index in [2.05, 4.69) is 45.5 Å². The third kappa shape index (κ3) is 7.68. The van der Waals surface area contributed by atoms with Crippen LogP contribution in [-0.4, -0.2) is 42.7 Å². The minimum Gasteiger partial charge on any atom is -0.755 e. The normalized spacial score (nSPS) is 15.7. The van der Waals surface area contributed by atoms with Gasteiger partial charge in [-0.2, -0.15) is 0 Å². The Morgan fingerprint density at radius 1 is 1.03 bits per heavy atom. The van der Waals surface area contributed by atoms with Crippen LogP contribution < -0.4 is 20.3 Å². The van der Waals surface area contributed by atoms with Crippen molar-refractivity contribution in [3.8, 4) is 0 Å². The van der Waals surface area contributed by atoms with Crippen molar-refractivity contribution < 1.29 is 13.0 Å². The Morgan fingerprint density at radius 2 is 1.83 bits per heavy atom. The summed E-state index contributed by atoms with van der Waals surface area (Å²) >= 11 is -2.31. The number of anilines is 2. The van der Waals surface area contributed by atoms with Crippen molar-refractivity contribution in [3.63, 3.8) is 0 Å². The number of rotatable bonds is 11. The summed E-state index contributed by atoms with van der Waals surface area (Å²) in [6.07, 6.45) is 2.61. The number of nitrogens with zero attached hydrogens (tertiary/aromatic N) is 4. The highest BCUT2D eigenvalue weighted by atomic mass is 32.2. The van der Waals surface area contributed by atoms with E-state index in [9.17, 15) is 13.0 Å². The highest BCUT2D eigenvalue weighted by Crippen LogP contribution is 2.17. The van der Waals surface area contributed by atoms with E-state index in [1.807, 2.05) is 24.3 Å². The monoisotopic (exact) mass is 530 g/mol. The van der Waals surface area contributed by atoms with Crippen molar-refractivity contribution in [2.24, 2.45) is 8.80 Å². The lowest BCUT2D eigenvalue weighted by Crippen LogP contribution is -2.39. The van der Waals surface area contributed by atoms with Gasteiger partial charge >= 0.3 is 0 Å². The fourth-order valence-corrected chi connectivity index (χ4v) is 5.05. The Hall–Kier alpha value is -3.13. The van der Waals surface area contributed by atoms with Gasteiger partial charge in [-0.15, -0.1) is 20.1 Å². The average molecular weight is 531 g/mol. The Labute approximate surface area is 212 Å². The number of benzene rings is 1. The molecule has 0 aliphatic carbocycles. The Morgan fingerprint density at radius 3 is 2.51 bits per heavy atom. The van der Waals surface area contributed by atoms with Gasteiger partial charge in [-0.25, -0.2) is 9.19 Å². The number of nitrogens with one attached hydrogen (secondary N) is 3. The van der Waals surface area contributed by atoms with Crippen molar-refractivity contribution in [3.05, 3.63) is 76.6 Å². The summed E-state index contributed by atoms with van der Waals surface area (Å²) in [6, 6.07) is 17.0. The molecule has 3 heterocycles. The first-order valence-corrected chi connectivity index (χ1v) is 13.8. The summed E-state index contributed by atoms with van der Waals surface area (Å²) in [7, 11) is 0. The molecule has 0 fully saturated rings. The van der Waals surface area contributed by atoms with E-state index in [-0.39, 0.29) is 0 Å². The zero-order chi connectivity index (χ0) is 24.5. The zero-order valence-corrected chi connectivity index (χ0v) is 21.1. The van der Waals surface area contributed by atoms with E-state index in [4.69, 9.17) is 0 Å². The van der Waals surface area contributed by atoms with Gasteiger partial charge in [-0.05, 0) is 47.7 Å². The number of amidine groups is 2. The molecule has 0 amide bonds. The maximum Gasteiger partial charge on any atom is 0.269 e. The molecule has 3 N–H and O–H groups in total. The predicted octanol–water partition coefficient (Wildman–Crippen LogP) is 2.51. The molecule has 1 aliphatic rings. The van der Waals surface area contributed by atoms with Gasteiger partial charge in [0.05, 0.1) is 6.54 Å². The van der Waals surface area contributed by atoms with Crippen LogP contribution in [-0.2, 0) is 35.5 Å². The van der Waals surface area contributed by atoms with E-state index in [0.717, 1.165) is 30.9 Å². The van der Waals surface area contributed by atoms with Crippen LogP contribution >= 0.6 is 11.3 Å². The molecule has 3 aromatic rings. The Kier molecular flexibility index (Phi) is 8.95. The molecule has 4 rings (SSSR count). The maximum absolute atomic E-state index is 11.9. The molecule has 2 atom stereocenters. The fourth-order valence-electron chi connectivity index (χ4n) is 3.35. The molecule has 10 nitrogen and oxygen atoms in total. The van der Waals surface area contributed by atoms with Gasteiger partial charge in [0.15, 0.2) is 11.7 Å². The largest absolute Gasteiger partial charge is 0.755 e. The number of pyridine rings is 1. The van der Waals surface area contributed by atoms with Crippen LogP contribution in [0.15, 0.2) is 75.0 Å². The summed E-state index contributed by atoms with van der Waals surface area (Å²) in [5.41, 5.74) is 1.38. The van der Waals surface area contributed by atoms with Crippen LogP contribution in [0.5, 0.6) is 0 Å². The van der Waals surface area contributed by atoms with E-state index < -0.39 is 22.4 Å². The first-order chi connectivity index (χ1) is 17.1. The molecular formula is C22H24N7O3S3-. The van der Waals surface area contributed by atoms with Crippen LogP contribution in [0.1, 0.15) is 16.9 Å². The first kappa shape index (κ1) is 25.0. The molecule has 0 saturated carbocycles. The highest BCUT2D eigenvalue weighted by molar-refractivity contribution is 7.83. The van der Waals surface area contributed by atoms with Gasteiger partial charge in [-0.1, -0.05) is 24.3 Å². The smallest absolute Gasteiger partial charge is 0.269 e. The number of thiophene rings is 1. The third-order valence-electron chi connectivity index (χ3n) is 4.98. The van der Waals surface area contributed by atoms with Crippen LogP contribution in [0, 0.1) is 0 Å². The van der Waals surface area contributed by atoms with Gasteiger partial charge in [0.25, 0.3) is 11.2 Å². The second-order valence-electron chi connectivity index (χ2n) is 7.47. The molecule has 2 aromatic heterocycles. The molecule has 13 heteroatoms. The first-order valence-electron chi connectivity index (χ1n) is 10.8. The third-order valence-corrected chi connectivity index (χ3v) is 6.92. The topological polar surface area (TPSA) is 134 Å². The minimum absolute atomic E-state index is 0.422. The van der Waals surface area contributed by atoms with Crippen molar-refractivity contribution in [2.45, 2.75) is 19.5 Å². The van der Waals surface area contributed by atoms with Crippen LogP contribution in [0.4, 0.5) is 11.5 Å². The van der Waals surface area contributed by atoms with Crippen molar-refractivity contribution in [1.82, 2.24) is 15.6 Å². The summed E-state index contributed by atoms with van der Waals surface area (Å²) in [6.45, 7) is 2.61. The van der Waals surface area contributed by atoms with Crippen molar-refractivity contribution >= 4 is 57.0 Å². The summed E-state index contributed by atoms with van der Waals surface area (Å²) in [5.74, 6) is 1.82. The lowest BCUT2D eigenvalue weighted by Gasteiger charge is -2.23. The Bertz CT molecular complexity index is 1200. The summed E-state index contributed by atoms with van der Waals surface area (Å²) in [4.78, 5) is 7.99. The van der Waals surface area contributed by atoms with Gasteiger partial charge in [0.2, 0.25) is 0 Å². The van der Waals surface area contributed by atoms with E-state index in [1.165, 1.54) is 4.88 Å². The average Bonchev–Trinajstić information content (AvgIpc) is 3.50. The molecule has 2 unspecified atom stereocenters. The zero-order valence-electron chi connectivity index (χ0n) is 18.6. The van der Waals surface area contributed by atoms with Crippen molar-refractivity contribution in [1.29, 1.82) is 0 Å². The van der Waals surface area contributed by atoms with E-state index in [1.54, 1.807) is 41.8 Å². The molecule has 0 radical (unpaired) electrons.